The number of nitrogens with zero attached hydrogens (tertiary/aromatic N) is 2. The van der Waals surface area contributed by atoms with Crippen LogP contribution in [0.15, 0.2) is 36.7 Å². The zero-order valence-electron chi connectivity index (χ0n) is 10.9. The van der Waals surface area contributed by atoms with Gasteiger partial charge in [-0.3, -0.25) is 4.98 Å². The lowest BCUT2D eigenvalue weighted by atomic mass is 10.1. The SMILES string of the molecule is Cc1ccnc(NC(C)c2ccccn2)c1C(N)=S. The molecule has 1 unspecified atom stereocenters. The molecule has 0 saturated carbocycles. The molecule has 4 nitrogen and oxygen atoms in total. The lowest BCUT2D eigenvalue weighted by molar-refractivity contribution is 0.831. The molecule has 1 atom stereocenters. The maximum absolute atomic E-state index is 5.77. The Bertz CT molecular complexity index is 583. The van der Waals surface area contributed by atoms with Crippen LogP contribution in [0.4, 0.5) is 5.82 Å². The minimum Gasteiger partial charge on any atom is -0.389 e. The summed E-state index contributed by atoms with van der Waals surface area (Å²) < 4.78 is 0. The quantitative estimate of drug-likeness (QED) is 0.838. The van der Waals surface area contributed by atoms with Crippen molar-refractivity contribution >= 4 is 23.0 Å². The molecule has 0 aliphatic heterocycles. The summed E-state index contributed by atoms with van der Waals surface area (Å²) in [5.74, 6) is 0.700. The van der Waals surface area contributed by atoms with Gasteiger partial charge in [0.15, 0.2) is 0 Å². The van der Waals surface area contributed by atoms with Crippen molar-refractivity contribution in [1.29, 1.82) is 0 Å². The zero-order chi connectivity index (χ0) is 13.8. The van der Waals surface area contributed by atoms with E-state index in [0.717, 1.165) is 16.8 Å². The minimum atomic E-state index is 0.0311. The van der Waals surface area contributed by atoms with Crippen molar-refractivity contribution in [1.82, 2.24) is 9.97 Å². The summed E-state index contributed by atoms with van der Waals surface area (Å²) in [4.78, 5) is 8.99. The summed E-state index contributed by atoms with van der Waals surface area (Å²) in [5, 5.41) is 3.31. The van der Waals surface area contributed by atoms with Crippen molar-refractivity contribution in [2.45, 2.75) is 19.9 Å². The van der Waals surface area contributed by atoms with Gasteiger partial charge in [-0.05, 0) is 37.6 Å². The van der Waals surface area contributed by atoms with Crippen LogP contribution >= 0.6 is 12.2 Å². The van der Waals surface area contributed by atoms with Gasteiger partial charge in [-0.1, -0.05) is 18.3 Å². The van der Waals surface area contributed by atoms with Crippen molar-refractivity contribution in [3.05, 3.63) is 53.5 Å². The first-order valence-corrected chi connectivity index (χ1v) is 6.43. The Morgan fingerprint density at radius 2 is 2.05 bits per heavy atom. The molecule has 0 aromatic carbocycles. The molecule has 5 heteroatoms. The fraction of sp³-hybridized carbons (Fsp3) is 0.214. The number of rotatable bonds is 4. The molecule has 0 spiro atoms. The van der Waals surface area contributed by atoms with Crippen molar-refractivity contribution in [2.24, 2.45) is 5.73 Å². The summed E-state index contributed by atoms with van der Waals surface area (Å²) >= 11 is 5.09. The van der Waals surface area contributed by atoms with Gasteiger partial charge in [0.25, 0.3) is 0 Å². The van der Waals surface area contributed by atoms with E-state index in [0.29, 0.717) is 10.8 Å². The second-order valence-corrected chi connectivity index (χ2v) is 4.78. The lowest BCUT2D eigenvalue weighted by Crippen LogP contribution is -2.18. The van der Waals surface area contributed by atoms with Gasteiger partial charge in [-0.2, -0.15) is 0 Å². The third kappa shape index (κ3) is 3.06. The molecule has 98 valence electrons. The summed E-state index contributed by atoms with van der Waals surface area (Å²) in [6.45, 7) is 3.99. The van der Waals surface area contributed by atoms with Gasteiger partial charge in [0, 0.05) is 12.4 Å². The Morgan fingerprint density at radius 3 is 2.68 bits per heavy atom. The minimum absolute atomic E-state index is 0.0311. The lowest BCUT2D eigenvalue weighted by Gasteiger charge is -2.17. The van der Waals surface area contributed by atoms with E-state index < -0.39 is 0 Å². The maximum atomic E-state index is 5.77. The molecular formula is C14H16N4S. The van der Waals surface area contributed by atoms with E-state index in [4.69, 9.17) is 18.0 Å². The van der Waals surface area contributed by atoms with Gasteiger partial charge >= 0.3 is 0 Å². The van der Waals surface area contributed by atoms with E-state index in [1.807, 2.05) is 38.1 Å². The van der Waals surface area contributed by atoms with Gasteiger partial charge in [0.1, 0.15) is 10.8 Å². The molecular weight excluding hydrogens is 256 g/mol. The highest BCUT2D eigenvalue weighted by atomic mass is 32.1. The van der Waals surface area contributed by atoms with Gasteiger partial charge < -0.3 is 11.1 Å². The predicted molar refractivity (Wildman–Crippen MR) is 81.1 cm³/mol. The molecule has 19 heavy (non-hydrogen) atoms. The van der Waals surface area contributed by atoms with Crippen LogP contribution in [0, 0.1) is 6.92 Å². The molecule has 0 aliphatic rings. The first-order valence-electron chi connectivity index (χ1n) is 6.02. The molecule has 0 saturated heterocycles. The topological polar surface area (TPSA) is 63.8 Å². The third-order valence-corrected chi connectivity index (χ3v) is 3.09. The van der Waals surface area contributed by atoms with E-state index in [1.54, 1.807) is 12.4 Å². The number of anilines is 1. The highest BCUT2D eigenvalue weighted by Gasteiger charge is 2.13. The Labute approximate surface area is 118 Å². The van der Waals surface area contributed by atoms with Crippen molar-refractivity contribution in [2.75, 3.05) is 5.32 Å². The van der Waals surface area contributed by atoms with Crippen LogP contribution in [-0.2, 0) is 0 Å². The third-order valence-electron chi connectivity index (χ3n) is 2.89. The molecule has 2 heterocycles. The maximum Gasteiger partial charge on any atom is 0.136 e. The number of thiocarbonyl (C=S) groups is 1. The van der Waals surface area contributed by atoms with Crippen LogP contribution in [-0.4, -0.2) is 15.0 Å². The molecule has 2 aromatic rings. The zero-order valence-corrected chi connectivity index (χ0v) is 11.7. The second kappa shape index (κ2) is 5.75. The van der Waals surface area contributed by atoms with E-state index in [2.05, 4.69) is 15.3 Å². The molecule has 2 aromatic heterocycles. The van der Waals surface area contributed by atoms with Crippen LogP contribution in [0.5, 0.6) is 0 Å². The monoisotopic (exact) mass is 272 g/mol. The van der Waals surface area contributed by atoms with Crippen LogP contribution in [0.3, 0.4) is 0 Å². The number of pyridine rings is 2. The smallest absolute Gasteiger partial charge is 0.136 e. The Kier molecular flexibility index (Phi) is 4.06. The van der Waals surface area contributed by atoms with E-state index in [9.17, 15) is 0 Å². The number of nitrogens with one attached hydrogen (secondary N) is 1. The Balaban J connectivity index is 2.29. The molecule has 0 bridgehead atoms. The number of aryl methyl sites for hydroxylation is 1. The second-order valence-electron chi connectivity index (χ2n) is 4.34. The fourth-order valence-electron chi connectivity index (χ4n) is 1.89. The van der Waals surface area contributed by atoms with Gasteiger partial charge in [0.2, 0.25) is 0 Å². The first-order chi connectivity index (χ1) is 9.09. The van der Waals surface area contributed by atoms with Crippen molar-refractivity contribution < 1.29 is 0 Å². The van der Waals surface area contributed by atoms with Gasteiger partial charge in [-0.15, -0.1) is 0 Å². The number of hydrogen-bond acceptors (Lipinski definition) is 4. The molecule has 3 N–H and O–H groups in total. The standard InChI is InChI=1S/C14H16N4S/c1-9-6-8-17-14(12(9)13(15)19)18-10(2)11-5-3-4-7-16-11/h3-8,10H,1-2H3,(H2,15,19)(H,17,18). The highest BCUT2D eigenvalue weighted by molar-refractivity contribution is 7.80. The van der Waals surface area contributed by atoms with Crippen molar-refractivity contribution in [3.8, 4) is 0 Å². The molecule has 0 amide bonds. The summed E-state index contributed by atoms with van der Waals surface area (Å²) in [7, 11) is 0. The fourth-order valence-corrected chi connectivity index (χ4v) is 2.15. The highest BCUT2D eigenvalue weighted by Crippen LogP contribution is 2.21. The number of nitrogens with two attached hydrogens (primary N) is 1. The van der Waals surface area contributed by atoms with E-state index >= 15 is 0 Å². The van der Waals surface area contributed by atoms with Crippen LogP contribution in [0.2, 0.25) is 0 Å². The Morgan fingerprint density at radius 1 is 1.26 bits per heavy atom. The van der Waals surface area contributed by atoms with Crippen LogP contribution in [0.25, 0.3) is 0 Å². The average molecular weight is 272 g/mol. The largest absolute Gasteiger partial charge is 0.389 e. The predicted octanol–water partition coefficient (Wildman–Crippen LogP) is 2.59. The van der Waals surface area contributed by atoms with Gasteiger partial charge in [-0.25, -0.2) is 4.98 Å². The molecule has 0 fully saturated rings. The summed E-state index contributed by atoms with van der Waals surface area (Å²) in [6.07, 6.45) is 3.51. The summed E-state index contributed by atoms with van der Waals surface area (Å²) in [6, 6.07) is 7.74. The normalized spacial score (nSPS) is 11.9. The Hall–Kier alpha value is -2.01. The molecule has 0 radical (unpaired) electrons. The van der Waals surface area contributed by atoms with Crippen LogP contribution < -0.4 is 11.1 Å². The van der Waals surface area contributed by atoms with Crippen LogP contribution in [0.1, 0.15) is 29.8 Å². The number of aromatic nitrogens is 2. The van der Waals surface area contributed by atoms with E-state index in [1.165, 1.54) is 0 Å². The number of hydrogen-bond donors (Lipinski definition) is 2. The van der Waals surface area contributed by atoms with E-state index in [-0.39, 0.29) is 6.04 Å². The molecule has 2 rings (SSSR count). The first kappa shape index (κ1) is 13.4. The average Bonchev–Trinajstić information content (AvgIpc) is 2.39. The molecule has 0 aliphatic carbocycles. The van der Waals surface area contributed by atoms with Gasteiger partial charge in [0.05, 0.1) is 17.3 Å². The summed E-state index contributed by atoms with van der Waals surface area (Å²) in [5.41, 5.74) is 8.51. The van der Waals surface area contributed by atoms with Crippen molar-refractivity contribution in [3.63, 3.8) is 0 Å².